The maximum absolute atomic E-state index is 5.19. The van der Waals surface area contributed by atoms with E-state index in [0.717, 1.165) is 12.8 Å². The molecule has 0 amide bonds. The van der Waals surface area contributed by atoms with E-state index in [9.17, 15) is 0 Å². The van der Waals surface area contributed by atoms with Crippen molar-refractivity contribution in [2.24, 2.45) is 0 Å². The summed E-state index contributed by atoms with van der Waals surface area (Å²) in [5.41, 5.74) is 0. The van der Waals surface area contributed by atoms with Gasteiger partial charge in [0.15, 0.2) is 6.79 Å². The normalized spacial score (nSPS) is 24.7. The van der Waals surface area contributed by atoms with Crippen molar-refractivity contribution < 1.29 is 14.5 Å². The van der Waals surface area contributed by atoms with Crippen LogP contribution in [0.1, 0.15) is 26.7 Å². The second-order valence-corrected chi connectivity index (χ2v) is 2.08. The Labute approximate surface area is 54.8 Å². The van der Waals surface area contributed by atoms with Crippen LogP contribution in [0.15, 0.2) is 0 Å². The number of ether oxygens (including phenoxy) is 1. The first-order valence-corrected chi connectivity index (χ1v) is 3.27. The first kappa shape index (κ1) is 6.99. The minimum atomic E-state index is -0.444. The molecule has 1 aliphatic rings. The Morgan fingerprint density at radius 1 is 1.33 bits per heavy atom. The lowest BCUT2D eigenvalue weighted by molar-refractivity contribution is -0.322. The van der Waals surface area contributed by atoms with Crippen LogP contribution >= 0.6 is 0 Å². The van der Waals surface area contributed by atoms with Crippen molar-refractivity contribution >= 4 is 0 Å². The molecule has 0 radical (unpaired) electrons. The molecule has 1 aliphatic heterocycles. The molecule has 1 fully saturated rings. The first-order chi connectivity index (χ1) is 4.33. The van der Waals surface area contributed by atoms with Crippen LogP contribution < -0.4 is 0 Å². The molecule has 0 N–H and O–H groups in total. The molecule has 3 heteroatoms. The van der Waals surface area contributed by atoms with Gasteiger partial charge in [-0.3, -0.25) is 0 Å². The standard InChI is InChI=1S/C6H12O3/c1-3-6(4-2)7-5-8-9-6/h3-5H2,1-2H3. The van der Waals surface area contributed by atoms with Gasteiger partial charge >= 0.3 is 0 Å². The predicted molar refractivity (Wildman–Crippen MR) is 31.4 cm³/mol. The Kier molecular flexibility index (Phi) is 2.05. The van der Waals surface area contributed by atoms with E-state index in [-0.39, 0.29) is 6.79 Å². The van der Waals surface area contributed by atoms with Gasteiger partial charge in [0.05, 0.1) is 0 Å². The first-order valence-electron chi connectivity index (χ1n) is 3.27. The van der Waals surface area contributed by atoms with Crippen molar-refractivity contribution in [1.82, 2.24) is 0 Å². The molecule has 0 saturated carbocycles. The summed E-state index contributed by atoms with van der Waals surface area (Å²) in [5, 5.41) is 0. The van der Waals surface area contributed by atoms with Gasteiger partial charge in [0.2, 0.25) is 5.79 Å². The topological polar surface area (TPSA) is 27.7 Å². The summed E-state index contributed by atoms with van der Waals surface area (Å²) in [4.78, 5) is 9.54. The van der Waals surface area contributed by atoms with Crippen molar-refractivity contribution in [3.63, 3.8) is 0 Å². The third-order valence-corrected chi connectivity index (χ3v) is 1.66. The van der Waals surface area contributed by atoms with Gasteiger partial charge in [-0.15, -0.1) is 0 Å². The minimum absolute atomic E-state index is 0.266. The summed E-state index contributed by atoms with van der Waals surface area (Å²) in [6.07, 6.45) is 1.67. The van der Waals surface area contributed by atoms with E-state index in [1.165, 1.54) is 0 Å². The highest BCUT2D eigenvalue weighted by atomic mass is 17.3. The quantitative estimate of drug-likeness (QED) is 0.532. The van der Waals surface area contributed by atoms with Gasteiger partial charge in [-0.25, -0.2) is 4.89 Å². The summed E-state index contributed by atoms with van der Waals surface area (Å²) in [6, 6.07) is 0. The molecule has 1 rings (SSSR count). The Morgan fingerprint density at radius 2 is 2.00 bits per heavy atom. The van der Waals surface area contributed by atoms with E-state index >= 15 is 0 Å². The molecule has 0 aromatic carbocycles. The average Bonchev–Trinajstić information content (AvgIpc) is 2.36. The molecule has 0 bridgehead atoms. The Balaban J connectivity index is 2.45. The molecule has 9 heavy (non-hydrogen) atoms. The number of rotatable bonds is 2. The van der Waals surface area contributed by atoms with Crippen molar-refractivity contribution in [1.29, 1.82) is 0 Å². The lowest BCUT2D eigenvalue weighted by atomic mass is 10.1. The fourth-order valence-corrected chi connectivity index (χ4v) is 0.859. The van der Waals surface area contributed by atoms with Crippen molar-refractivity contribution in [2.45, 2.75) is 32.5 Å². The van der Waals surface area contributed by atoms with Crippen LogP contribution in [0.25, 0.3) is 0 Å². The van der Waals surface area contributed by atoms with E-state index in [4.69, 9.17) is 9.62 Å². The maximum Gasteiger partial charge on any atom is 0.203 e. The number of hydrogen-bond donors (Lipinski definition) is 0. The number of hydrogen-bond acceptors (Lipinski definition) is 3. The molecule has 1 saturated heterocycles. The van der Waals surface area contributed by atoms with Gasteiger partial charge in [0, 0.05) is 12.8 Å². The highest BCUT2D eigenvalue weighted by Gasteiger charge is 2.34. The third-order valence-electron chi connectivity index (χ3n) is 1.66. The molecule has 0 aromatic heterocycles. The minimum Gasteiger partial charge on any atom is -0.318 e. The van der Waals surface area contributed by atoms with Gasteiger partial charge in [0.1, 0.15) is 0 Å². The van der Waals surface area contributed by atoms with Crippen molar-refractivity contribution in [3.8, 4) is 0 Å². The second kappa shape index (κ2) is 2.64. The lowest BCUT2D eigenvalue weighted by Crippen LogP contribution is -2.27. The molecule has 0 aromatic rings. The summed E-state index contributed by atoms with van der Waals surface area (Å²) in [6.45, 7) is 4.29. The fraction of sp³-hybridized carbons (Fsp3) is 1.00. The van der Waals surface area contributed by atoms with Crippen LogP contribution in [-0.4, -0.2) is 12.6 Å². The van der Waals surface area contributed by atoms with Crippen LogP contribution in [-0.2, 0) is 14.5 Å². The van der Waals surface area contributed by atoms with Crippen LogP contribution in [0.4, 0.5) is 0 Å². The molecule has 3 nitrogen and oxygen atoms in total. The summed E-state index contributed by atoms with van der Waals surface area (Å²) in [7, 11) is 0. The van der Waals surface area contributed by atoms with Gasteiger partial charge in [0.25, 0.3) is 0 Å². The van der Waals surface area contributed by atoms with Crippen LogP contribution in [0.3, 0.4) is 0 Å². The van der Waals surface area contributed by atoms with Crippen molar-refractivity contribution in [3.05, 3.63) is 0 Å². The molecule has 54 valence electrons. The SMILES string of the molecule is CCC1(CC)OCOO1. The van der Waals surface area contributed by atoms with Gasteiger partial charge in [-0.2, -0.15) is 4.89 Å². The maximum atomic E-state index is 5.19. The molecular weight excluding hydrogens is 120 g/mol. The Bertz CT molecular complexity index is 80.3. The predicted octanol–water partition coefficient (Wildman–Crippen LogP) is 1.44. The largest absolute Gasteiger partial charge is 0.318 e. The van der Waals surface area contributed by atoms with E-state index in [2.05, 4.69) is 4.89 Å². The molecule has 1 heterocycles. The van der Waals surface area contributed by atoms with Crippen LogP contribution in [0.2, 0.25) is 0 Å². The highest BCUT2D eigenvalue weighted by Crippen LogP contribution is 2.26. The van der Waals surface area contributed by atoms with Gasteiger partial charge in [-0.1, -0.05) is 13.8 Å². The van der Waals surface area contributed by atoms with Crippen molar-refractivity contribution in [2.75, 3.05) is 6.79 Å². The smallest absolute Gasteiger partial charge is 0.203 e. The Hall–Kier alpha value is -0.120. The Morgan fingerprint density at radius 3 is 2.22 bits per heavy atom. The summed E-state index contributed by atoms with van der Waals surface area (Å²) < 4.78 is 5.19. The van der Waals surface area contributed by atoms with Gasteiger partial charge < -0.3 is 4.74 Å². The van der Waals surface area contributed by atoms with Crippen LogP contribution in [0, 0.1) is 0 Å². The molecule has 0 unspecified atom stereocenters. The third kappa shape index (κ3) is 1.23. The highest BCUT2D eigenvalue weighted by molar-refractivity contribution is 4.63. The monoisotopic (exact) mass is 132 g/mol. The van der Waals surface area contributed by atoms with E-state index in [1.807, 2.05) is 13.8 Å². The average molecular weight is 132 g/mol. The second-order valence-electron chi connectivity index (χ2n) is 2.08. The molecule has 0 aliphatic carbocycles. The molecule has 0 spiro atoms. The lowest BCUT2D eigenvalue weighted by Gasteiger charge is -2.19. The fourth-order valence-electron chi connectivity index (χ4n) is 0.859. The van der Waals surface area contributed by atoms with Gasteiger partial charge in [-0.05, 0) is 0 Å². The van der Waals surface area contributed by atoms with E-state index in [1.54, 1.807) is 0 Å². The zero-order valence-corrected chi connectivity index (χ0v) is 5.85. The molecule has 0 atom stereocenters. The van der Waals surface area contributed by atoms with Crippen LogP contribution in [0.5, 0.6) is 0 Å². The van der Waals surface area contributed by atoms with E-state index in [0.29, 0.717) is 0 Å². The molecular formula is C6H12O3. The zero-order chi connectivity index (χ0) is 6.74. The zero-order valence-electron chi connectivity index (χ0n) is 5.85. The summed E-state index contributed by atoms with van der Waals surface area (Å²) >= 11 is 0. The van der Waals surface area contributed by atoms with E-state index < -0.39 is 5.79 Å². The summed E-state index contributed by atoms with van der Waals surface area (Å²) in [5.74, 6) is -0.444.